The Morgan fingerprint density at radius 1 is 1.30 bits per heavy atom. The number of aromatic hydroxyl groups is 1. The standard InChI is InChI=1S/C15H16ClFN4O2/c16-11-8-10(2-3-12(11)17)20-15(21-19)9-1-4-13(22)14(7-9)23-6-5-18/h1-4,7-8,22H,5-6,18-19H2,(H,20,21). The molecule has 0 atom stereocenters. The molecule has 6 nitrogen and oxygen atoms in total. The number of amidine groups is 1. The van der Waals surface area contributed by atoms with Gasteiger partial charge in [0.05, 0.1) is 5.02 Å². The zero-order valence-electron chi connectivity index (χ0n) is 12.1. The van der Waals surface area contributed by atoms with E-state index < -0.39 is 5.82 Å². The first-order valence-corrected chi connectivity index (χ1v) is 7.09. The summed E-state index contributed by atoms with van der Waals surface area (Å²) in [5.41, 5.74) is 6.45. The summed E-state index contributed by atoms with van der Waals surface area (Å²) < 4.78 is 18.5. The van der Waals surface area contributed by atoms with E-state index in [1.807, 2.05) is 0 Å². The Labute approximate surface area is 137 Å². The van der Waals surface area contributed by atoms with Crippen LogP contribution in [0.2, 0.25) is 5.02 Å². The van der Waals surface area contributed by atoms with E-state index in [9.17, 15) is 9.50 Å². The van der Waals surface area contributed by atoms with Gasteiger partial charge in [0, 0.05) is 17.8 Å². The number of rotatable bonds is 5. The summed E-state index contributed by atoms with van der Waals surface area (Å²) in [6, 6.07) is 8.76. The minimum Gasteiger partial charge on any atom is -0.504 e. The van der Waals surface area contributed by atoms with Gasteiger partial charge in [0.1, 0.15) is 12.4 Å². The Morgan fingerprint density at radius 3 is 2.74 bits per heavy atom. The normalized spacial score (nSPS) is 11.3. The number of anilines is 1. The van der Waals surface area contributed by atoms with Gasteiger partial charge in [-0.15, -0.1) is 0 Å². The molecule has 0 amide bonds. The van der Waals surface area contributed by atoms with Crippen LogP contribution in [0.25, 0.3) is 0 Å². The Morgan fingerprint density at radius 2 is 2.09 bits per heavy atom. The highest BCUT2D eigenvalue weighted by Crippen LogP contribution is 2.27. The van der Waals surface area contributed by atoms with Crippen LogP contribution in [-0.2, 0) is 0 Å². The summed E-state index contributed by atoms with van der Waals surface area (Å²) in [7, 11) is 0. The van der Waals surface area contributed by atoms with Gasteiger partial charge in [-0.05, 0) is 36.4 Å². The Bertz CT molecular complexity index is 725. The zero-order chi connectivity index (χ0) is 16.8. The van der Waals surface area contributed by atoms with Crippen molar-refractivity contribution in [2.45, 2.75) is 0 Å². The molecule has 0 fully saturated rings. The van der Waals surface area contributed by atoms with E-state index in [1.165, 1.54) is 24.3 Å². The molecule has 2 aromatic carbocycles. The van der Waals surface area contributed by atoms with Crippen molar-refractivity contribution < 1.29 is 14.2 Å². The smallest absolute Gasteiger partial charge is 0.161 e. The maximum atomic E-state index is 13.2. The highest BCUT2D eigenvalue weighted by Gasteiger charge is 2.10. The summed E-state index contributed by atoms with van der Waals surface area (Å²) in [5.74, 6) is 5.41. The lowest BCUT2D eigenvalue weighted by Crippen LogP contribution is -2.16. The molecule has 23 heavy (non-hydrogen) atoms. The molecule has 0 spiro atoms. The maximum absolute atomic E-state index is 13.2. The van der Waals surface area contributed by atoms with Crippen molar-refractivity contribution in [1.82, 2.24) is 0 Å². The third kappa shape index (κ3) is 4.24. The first-order valence-electron chi connectivity index (χ1n) is 6.71. The fraction of sp³-hybridized carbons (Fsp3) is 0.133. The molecule has 0 aromatic heterocycles. The van der Waals surface area contributed by atoms with Crippen LogP contribution in [0.15, 0.2) is 41.5 Å². The van der Waals surface area contributed by atoms with Crippen molar-refractivity contribution >= 4 is 23.1 Å². The Kier molecular flexibility index (Phi) is 5.61. The minimum atomic E-state index is -0.523. The zero-order valence-corrected chi connectivity index (χ0v) is 12.8. The average Bonchev–Trinajstić information content (AvgIpc) is 2.55. The van der Waals surface area contributed by atoms with E-state index in [2.05, 4.69) is 10.4 Å². The number of hydrogen-bond acceptors (Lipinski definition) is 5. The molecule has 0 aliphatic rings. The lowest BCUT2D eigenvalue weighted by Gasteiger charge is -2.12. The highest BCUT2D eigenvalue weighted by molar-refractivity contribution is 6.31. The van der Waals surface area contributed by atoms with Crippen LogP contribution >= 0.6 is 11.6 Å². The van der Waals surface area contributed by atoms with Crippen LogP contribution in [0.1, 0.15) is 5.56 Å². The molecule has 6 N–H and O–H groups in total. The van der Waals surface area contributed by atoms with Crippen LogP contribution < -0.4 is 21.6 Å². The Balaban J connectivity index is 2.25. The molecular weight excluding hydrogens is 323 g/mol. The summed E-state index contributed by atoms with van der Waals surface area (Å²) >= 11 is 5.74. The van der Waals surface area contributed by atoms with E-state index >= 15 is 0 Å². The number of hydrogen-bond donors (Lipinski definition) is 4. The predicted octanol–water partition coefficient (Wildman–Crippen LogP) is 2.25. The van der Waals surface area contributed by atoms with Gasteiger partial charge in [-0.25, -0.2) is 4.39 Å². The van der Waals surface area contributed by atoms with Crippen LogP contribution in [0.3, 0.4) is 0 Å². The summed E-state index contributed by atoms with van der Waals surface area (Å²) in [6.07, 6.45) is 0. The van der Waals surface area contributed by atoms with Crippen LogP contribution in [0.5, 0.6) is 11.5 Å². The SMILES string of the molecule is NCCOc1cc(/C(=N\N)Nc2ccc(F)c(Cl)c2)ccc1O. The van der Waals surface area contributed by atoms with Gasteiger partial charge < -0.3 is 26.7 Å². The lowest BCUT2D eigenvalue weighted by atomic mass is 10.1. The fourth-order valence-electron chi connectivity index (χ4n) is 1.84. The number of hydrazone groups is 1. The van der Waals surface area contributed by atoms with Gasteiger partial charge in [-0.2, -0.15) is 5.10 Å². The quantitative estimate of drug-likeness (QED) is 0.289. The first-order chi connectivity index (χ1) is 11.0. The molecule has 0 bridgehead atoms. The third-order valence-corrected chi connectivity index (χ3v) is 3.21. The molecule has 2 rings (SSSR count). The second kappa shape index (κ2) is 7.66. The van der Waals surface area contributed by atoms with Crippen LogP contribution in [-0.4, -0.2) is 24.1 Å². The molecule has 0 saturated heterocycles. The van der Waals surface area contributed by atoms with Crippen molar-refractivity contribution in [2.24, 2.45) is 16.7 Å². The molecular formula is C15H16ClFN4O2. The molecule has 8 heteroatoms. The lowest BCUT2D eigenvalue weighted by molar-refractivity contribution is 0.308. The molecule has 0 aliphatic heterocycles. The van der Waals surface area contributed by atoms with E-state index in [-0.39, 0.29) is 23.1 Å². The second-order valence-electron chi connectivity index (χ2n) is 4.55. The summed E-state index contributed by atoms with van der Waals surface area (Å²) in [4.78, 5) is 0. The van der Waals surface area contributed by atoms with Crippen LogP contribution in [0.4, 0.5) is 10.1 Å². The highest BCUT2D eigenvalue weighted by atomic mass is 35.5. The fourth-order valence-corrected chi connectivity index (χ4v) is 2.02. The second-order valence-corrected chi connectivity index (χ2v) is 4.96. The molecule has 0 unspecified atom stereocenters. The summed E-state index contributed by atoms with van der Waals surface area (Å²) in [6.45, 7) is 0.570. The van der Waals surface area contributed by atoms with Gasteiger partial charge >= 0.3 is 0 Å². The number of ether oxygens (including phenoxy) is 1. The molecule has 2 aromatic rings. The number of halogens is 2. The Hall–Kier alpha value is -2.51. The monoisotopic (exact) mass is 338 g/mol. The molecule has 0 aliphatic carbocycles. The molecule has 0 heterocycles. The molecule has 0 radical (unpaired) electrons. The third-order valence-electron chi connectivity index (χ3n) is 2.92. The first kappa shape index (κ1) is 16.9. The van der Waals surface area contributed by atoms with Gasteiger partial charge in [0.15, 0.2) is 17.3 Å². The summed E-state index contributed by atoms with van der Waals surface area (Å²) in [5, 5.41) is 16.3. The van der Waals surface area contributed by atoms with Crippen molar-refractivity contribution in [1.29, 1.82) is 0 Å². The van der Waals surface area contributed by atoms with Gasteiger partial charge in [0.2, 0.25) is 0 Å². The largest absolute Gasteiger partial charge is 0.504 e. The number of nitrogens with zero attached hydrogens (tertiary/aromatic N) is 1. The van der Waals surface area contributed by atoms with E-state index in [4.69, 9.17) is 27.9 Å². The topological polar surface area (TPSA) is 106 Å². The number of nitrogens with two attached hydrogens (primary N) is 2. The van der Waals surface area contributed by atoms with Crippen molar-refractivity contribution in [2.75, 3.05) is 18.5 Å². The number of phenols is 1. The average molecular weight is 339 g/mol. The molecule has 122 valence electrons. The van der Waals surface area contributed by atoms with Crippen molar-refractivity contribution in [3.63, 3.8) is 0 Å². The van der Waals surface area contributed by atoms with E-state index in [0.29, 0.717) is 23.6 Å². The number of benzene rings is 2. The van der Waals surface area contributed by atoms with Crippen LogP contribution in [0, 0.1) is 5.82 Å². The van der Waals surface area contributed by atoms with Gasteiger partial charge in [0.25, 0.3) is 0 Å². The van der Waals surface area contributed by atoms with E-state index in [1.54, 1.807) is 12.1 Å². The van der Waals surface area contributed by atoms with E-state index in [0.717, 1.165) is 0 Å². The maximum Gasteiger partial charge on any atom is 0.161 e. The van der Waals surface area contributed by atoms with Crippen molar-refractivity contribution in [3.05, 3.63) is 52.8 Å². The van der Waals surface area contributed by atoms with Gasteiger partial charge in [-0.3, -0.25) is 0 Å². The van der Waals surface area contributed by atoms with Crippen molar-refractivity contribution in [3.8, 4) is 11.5 Å². The number of nitrogens with one attached hydrogen (secondary N) is 1. The van der Waals surface area contributed by atoms with Gasteiger partial charge in [-0.1, -0.05) is 11.6 Å². The number of phenolic OH excluding ortho intramolecular Hbond substituents is 1. The predicted molar refractivity (Wildman–Crippen MR) is 88.4 cm³/mol. The minimum absolute atomic E-state index is 0.0240. The molecule has 0 saturated carbocycles.